The van der Waals surface area contributed by atoms with Gasteiger partial charge in [-0.25, -0.2) is 4.39 Å². The molecule has 2 N–H and O–H groups in total. The van der Waals surface area contributed by atoms with Crippen LogP contribution in [0.2, 0.25) is 5.02 Å². The summed E-state index contributed by atoms with van der Waals surface area (Å²) < 4.78 is 13.0. The lowest BCUT2D eigenvalue weighted by molar-refractivity contribution is 0.143. The number of benzene rings is 1. The molecule has 0 amide bonds. The Morgan fingerprint density at radius 3 is 2.83 bits per heavy atom. The van der Waals surface area contributed by atoms with Gasteiger partial charge in [-0.05, 0) is 42.4 Å². The molecule has 1 aromatic rings. The van der Waals surface area contributed by atoms with Crippen LogP contribution in [-0.2, 0) is 6.42 Å². The van der Waals surface area contributed by atoms with Gasteiger partial charge in [0, 0.05) is 10.6 Å². The molecule has 0 spiro atoms. The quantitative estimate of drug-likeness (QED) is 0.857. The van der Waals surface area contributed by atoms with Gasteiger partial charge in [0.2, 0.25) is 0 Å². The average molecular weight is 270 g/mol. The standard InChI is InChI=1S/C15H21ClFN/c1-10-4-3-7-15(18,11(10)2)9-12-5-6-13(17)8-14(12)16/h5-6,8,10-11H,3-4,7,9,18H2,1-2H3. The van der Waals surface area contributed by atoms with E-state index in [2.05, 4.69) is 13.8 Å². The van der Waals surface area contributed by atoms with E-state index in [1.165, 1.54) is 25.0 Å². The first-order valence-corrected chi connectivity index (χ1v) is 7.03. The highest BCUT2D eigenvalue weighted by Gasteiger charge is 2.38. The summed E-state index contributed by atoms with van der Waals surface area (Å²) in [5, 5.41) is 0.491. The van der Waals surface area contributed by atoms with E-state index in [1.54, 1.807) is 6.07 Å². The first kappa shape index (κ1) is 13.8. The monoisotopic (exact) mass is 269 g/mol. The lowest BCUT2D eigenvalue weighted by Crippen LogP contribution is -2.52. The molecule has 100 valence electrons. The van der Waals surface area contributed by atoms with E-state index in [4.69, 9.17) is 17.3 Å². The van der Waals surface area contributed by atoms with Crippen LogP contribution < -0.4 is 5.73 Å². The van der Waals surface area contributed by atoms with Gasteiger partial charge in [0.1, 0.15) is 5.82 Å². The summed E-state index contributed by atoms with van der Waals surface area (Å²) in [6.45, 7) is 4.49. The lowest BCUT2D eigenvalue weighted by atomic mass is 9.66. The summed E-state index contributed by atoms with van der Waals surface area (Å²) in [5.41, 5.74) is 7.33. The molecule has 1 saturated carbocycles. The van der Waals surface area contributed by atoms with Gasteiger partial charge in [0.25, 0.3) is 0 Å². The molecule has 0 radical (unpaired) electrons. The Kier molecular flexibility index (Phi) is 3.98. The van der Waals surface area contributed by atoms with Crippen LogP contribution in [-0.4, -0.2) is 5.54 Å². The van der Waals surface area contributed by atoms with Crippen LogP contribution in [0.5, 0.6) is 0 Å². The minimum atomic E-state index is -0.292. The van der Waals surface area contributed by atoms with E-state index in [-0.39, 0.29) is 11.4 Å². The molecule has 1 aliphatic rings. The highest BCUT2D eigenvalue weighted by molar-refractivity contribution is 6.31. The van der Waals surface area contributed by atoms with E-state index >= 15 is 0 Å². The number of hydrogen-bond acceptors (Lipinski definition) is 1. The molecule has 3 unspecified atom stereocenters. The molecule has 0 heterocycles. The van der Waals surface area contributed by atoms with Gasteiger partial charge >= 0.3 is 0 Å². The van der Waals surface area contributed by atoms with Crippen LogP contribution in [0.25, 0.3) is 0 Å². The SMILES string of the molecule is CC1CCCC(N)(Cc2ccc(F)cc2Cl)C1C. The van der Waals surface area contributed by atoms with Gasteiger partial charge < -0.3 is 5.73 Å². The molecular weight excluding hydrogens is 249 g/mol. The maximum Gasteiger partial charge on any atom is 0.124 e. The van der Waals surface area contributed by atoms with Crippen LogP contribution in [0, 0.1) is 17.7 Å². The lowest BCUT2D eigenvalue weighted by Gasteiger charge is -2.43. The van der Waals surface area contributed by atoms with E-state index in [0.717, 1.165) is 18.4 Å². The smallest absolute Gasteiger partial charge is 0.124 e. The van der Waals surface area contributed by atoms with E-state index < -0.39 is 0 Å². The van der Waals surface area contributed by atoms with Gasteiger partial charge in [-0.2, -0.15) is 0 Å². The highest BCUT2D eigenvalue weighted by Crippen LogP contribution is 2.38. The Balaban J connectivity index is 2.21. The zero-order chi connectivity index (χ0) is 13.3. The maximum absolute atomic E-state index is 13.0. The van der Waals surface area contributed by atoms with E-state index in [9.17, 15) is 4.39 Å². The first-order valence-electron chi connectivity index (χ1n) is 6.65. The topological polar surface area (TPSA) is 26.0 Å². The molecule has 3 atom stereocenters. The van der Waals surface area contributed by atoms with Gasteiger partial charge in [-0.3, -0.25) is 0 Å². The summed E-state index contributed by atoms with van der Waals surface area (Å²) >= 11 is 6.10. The molecule has 1 fully saturated rings. The first-order chi connectivity index (χ1) is 8.42. The van der Waals surface area contributed by atoms with Crippen molar-refractivity contribution in [3.8, 4) is 0 Å². The van der Waals surface area contributed by atoms with Crippen LogP contribution in [0.3, 0.4) is 0 Å². The molecule has 0 bridgehead atoms. The third kappa shape index (κ3) is 2.70. The van der Waals surface area contributed by atoms with Crippen LogP contribution >= 0.6 is 11.6 Å². The van der Waals surface area contributed by atoms with Gasteiger partial charge in [0.05, 0.1) is 0 Å². The van der Waals surface area contributed by atoms with Crippen molar-refractivity contribution >= 4 is 11.6 Å². The Bertz CT molecular complexity index is 435. The molecular formula is C15H21ClFN. The Labute approximate surface area is 114 Å². The zero-order valence-corrected chi connectivity index (χ0v) is 11.8. The van der Waals surface area contributed by atoms with Gasteiger partial charge in [0.15, 0.2) is 0 Å². The average Bonchev–Trinajstić information content (AvgIpc) is 2.30. The number of halogens is 2. The van der Waals surface area contributed by atoms with Gasteiger partial charge in [-0.15, -0.1) is 0 Å². The van der Waals surface area contributed by atoms with Crippen molar-refractivity contribution in [3.63, 3.8) is 0 Å². The second-order valence-electron chi connectivity index (χ2n) is 5.80. The van der Waals surface area contributed by atoms with Crippen molar-refractivity contribution in [1.82, 2.24) is 0 Å². The second kappa shape index (κ2) is 5.18. The summed E-state index contributed by atoms with van der Waals surface area (Å²) in [5.74, 6) is 0.815. The Morgan fingerprint density at radius 2 is 2.17 bits per heavy atom. The molecule has 18 heavy (non-hydrogen) atoms. The molecule has 3 heteroatoms. The predicted molar refractivity (Wildman–Crippen MR) is 74.2 cm³/mol. The van der Waals surface area contributed by atoms with Crippen LogP contribution in [0.4, 0.5) is 4.39 Å². The summed E-state index contributed by atoms with van der Waals surface area (Å²) in [6.07, 6.45) is 4.17. The fourth-order valence-corrected chi connectivity index (χ4v) is 3.30. The van der Waals surface area contributed by atoms with E-state index in [1.807, 2.05) is 0 Å². The highest BCUT2D eigenvalue weighted by atomic mass is 35.5. The molecule has 2 rings (SSSR count). The number of rotatable bonds is 2. The molecule has 1 aliphatic carbocycles. The Hall–Kier alpha value is -0.600. The van der Waals surface area contributed by atoms with Crippen molar-refractivity contribution in [2.75, 3.05) is 0 Å². The number of hydrogen-bond donors (Lipinski definition) is 1. The third-order valence-corrected chi connectivity index (χ3v) is 4.95. The Morgan fingerprint density at radius 1 is 1.44 bits per heavy atom. The minimum absolute atomic E-state index is 0.209. The van der Waals surface area contributed by atoms with Crippen LogP contribution in [0.1, 0.15) is 38.7 Å². The number of nitrogens with two attached hydrogens (primary N) is 1. The van der Waals surface area contributed by atoms with Crippen molar-refractivity contribution in [2.24, 2.45) is 17.6 Å². The van der Waals surface area contributed by atoms with Crippen molar-refractivity contribution in [3.05, 3.63) is 34.6 Å². The fraction of sp³-hybridized carbons (Fsp3) is 0.600. The minimum Gasteiger partial charge on any atom is -0.325 e. The summed E-state index contributed by atoms with van der Waals surface area (Å²) in [6, 6.07) is 4.59. The second-order valence-corrected chi connectivity index (χ2v) is 6.21. The zero-order valence-electron chi connectivity index (χ0n) is 11.0. The normalized spacial score (nSPS) is 32.5. The largest absolute Gasteiger partial charge is 0.325 e. The molecule has 0 saturated heterocycles. The van der Waals surface area contributed by atoms with Crippen molar-refractivity contribution in [1.29, 1.82) is 0 Å². The summed E-state index contributed by atoms with van der Waals surface area (Å²) in [4.78, 5) is 0. The van der Waals surface area contributed by atoms with Gasteiger partial charge in [-0.1, -0.05) is 44.4 Å². The fourth-order valence-electron chi connectivity index (χ4n) is 3.07. The molecule has 1 nitrogen and oxygen atoms in total. The maximum atomic E-state index is 13.0. The summed E-state index contributed by atoms with van der Waals surface area (Å²) in [7, 11) is 0. The predicted octanol–water partition coefficient (Wildman–Crippen LogP) is 4.18. The molecule has 0 aliphatic heterocycles. The van der Waals surface area contributed by atoms with Crippen molar-refractivity contribution < 1.29 is 4.39 Å². The van der Waals surface area contributed by atoms with Crippen molar-refractivity contribution in [2.45, 2.75) is 45.1 Å². The van der Waals surface area contributed by atoms with E-state index in [0.29, 0.717) is 16.9 Å². The molecule has 1 aromatic carbocycles. The van der Waals surface area contributed by atoms with Crippen LogP contribution in [0.15, 0.2) is 18.2 Å². The third-order valence-electron chi connectivity index (χ3n) is 4.60. The molecule has 0 aromatic heterocycles.